The Morgan fingerprint density at radius 1 is 1.12 bits per heavy atom. The number of amides is 1. The van der Waals surface area contributed by atoms with E-state index in [0.717, 1.165) is 29.5 Å². The molecule has 0 saturated carbocycles. The van der Waals surface area contributed by atoms with E-state index in [0.29, 0.717) is 0 Å². The third-order valence-corrected chi connectivity index (χ3v) is 5.78. The molecule has 1 atom stereocenters. The number of halogens is 1. The van der Waals surface area contributed by atoms with Crippen molar-refractivity contribution in [3.05, 3.63) is 52.0 Å². The van der Waals surface area contributed by atoms with Gasteiger partial charge in [0.1, 0.15) is 0 Å². The van der Waals surface area contributed by atoms with Gasteiger partial charge in [-0.1, -0.05) is 55.8 Å². The van der Waals surface area contributed by atoms with E-state index in [1.165, 1.54) is 22.3 Å². The van der Waals surface area contributed by atoms with Crippen molar-refractivity contribution in [2.75, 3.05) is 11.9 Å². The summed E-state index contributed by atoms with van der Waals surface area (Å²) < 4.78 is 1.10. The van der Waals surface area contributed by atoms with Crippen LogP contribution in [0.5, 0.6) is 0 Å². The third-order valence-electron chi connectivity index (χ3n) is 5.28. The number of rotatable bonds is 2. The highest BCUT2D eigenvalue weighted by Gasteiger charge is 2.35. The molecule has 4 rings (SSSR count). The molecule has 138 valence electrons. The lowest BCUT2D eigenvalue weighted by Gasteiger charge is -2.22. The van der Waals surface area contributed by atoms with Crippen molar-refractivity contribution >= 4 is 27.5 Å². The Morgan fingerprint density at radius 2 is 1.77 bits per heavy atom. The molecule has 1 heterocycles. The lowest BCUT2D eigenvalue weighted by Crippen LogP contribution is -2.35. The molecule has 2 N–H and O–H groups in total. The van der Waals surface area contributed by atoms with Gasteiger partial charge >= 0.3 is 0 Å². The monoisotopic (exact) mass is 414 g/mol. The molecule has 1 fully saturated rings. The Balaban J connectivity index is 0.000000948. The van der Waals surface area contributed by atoms with Crippen LogP contribution in [0.4, 0.5) is 5.69 Å². The van der Waals surface area contributed by atoms with Crippen LogP contribution < -0.4 is 10.6 Å². The second-order valence-electron chi connectivity index (χ2n) is 7.21. The van der Waals surface area contributed by atoms with Crippen LogP contribution in [0.3, 0.4) is 0 Å². The third kappa shape index (κ3) is 3.33. The average Bonchev–Trinajstić information content (AvgIpc) is 3.24. The largest absolute Gasteiger partial charge is 0.325 e. The summed E-state index contributed by atoms with van der Waals surface area (Å²) in [6.07, 6.45) is 1.99. The summed E-state index contributed by atoms with van der Waals surface area (Å²) in [6, 6.07) is 12.7. The van der Waals surface area contributed by atoms with Crippen molar-refractivity contribution in [2.45, 2.75) is 52.0 Å². The lowest BCUT2D eigenvalue weighted by atomic mass is 9.82. The van der Waals surface area contributed by atoms with Crippen molar-refractivity contribution in [1.82, 2.24) is 5.32 Å². The highest BCUT2D eigenvalue weighted by atomic mass is 79.9. The first kappa shape index (κ1) is 19.1. The number of nitrogens with one attached hydrogen (secondary N) is 2. The minimum Gasteiger partial charge on any atom is -0.325 e. The van der Waals surface area contributed by atoms with E-state index in [9.17, 15) is 4.79 Å². The minimum absolute atomic E-state index is 0.0561. The molecule has 26 heavy (non-hydrogen) atoms. The molecule has 3 nitrogen and oxygen atoms in total. The van der Waals surface area contributed by atoms with Crippen LogP contribution in [0.1, 0.15) is 51.7 Å². The topological polar surface area (TPSA) is 41.1 Å². The summed E-state index contributed by atoms with van der Waals surface area (Å²) in [6.45, 7) is 9.42. The lowest BCUT2D eigenvalue weighted by molar-refractivity contribution is -0.117. The van der Waals surface area contributed by atoms with E-state index in [-0.39, 0.29) is 17.4 Å². The molecule has 1 unspecified atom stereocenters. The van der Waals surface area contributed by atoms with Gasteiger partial charge in [-0.25, -0.2) is 0 Å². The predicted octanol–water partition coefficient (Wildman–Crippen LogP) is 5.47. The number of carbonyl (C=O) groups excluding carboxylic acids is 1. The molecule has 4 heteroatoms. The zero-order chi connectivity index (χ0) is 18.9. The summed E-state index contributed by atoms with van der Waals surface area (Å²) in [5.74, 6) is 0.0727. The average molecular weight is 415 g/mol. The van der Waals surface area contributed by atoms with E-state index in [1.54, 1.807) is 0 Å². The fraction of sp³-hybridized carbons (Fsp3) is 0.409. The molecule has 0 bridgehead atoms. The number of fused-ring (bicyclic) bond motifs is 3. The van der Waals surface area contributed by atoms with Gasteiger partial charge < -0.3 is 10.6 Å². The standard InChI is InChI=1S/C20H21BrN2O.C2H6/c1-20(2)16-10-12(21)5-7-14(16)15-8-6-13(11-17(15)20)23-19(24)18-4-3-9-22-18;1-2/h5-8,10-11,18,22H,3-4,9H2,1-2H3,(H,23,24);1-2H3. The highest BCUT2D eigenvalue weighted by molar-refractivity contribution is 9.10. The van der Waals surface area contributed by atoms with Gasteiger partial charge in [0.25, 0.3) is 0 Å². The van der Waals surface area contributed by atoms with Gasteiger partial charge in [0, 0.05) is 15.6 Å². The highest BCUT2D eigenvalue weighted by Crippen LogP contribution is 2.49. The van der Waals surface area contributed by atoms with E-state index in [4.69, 9.17) is 0 Å². The van der Waals surface area contributed by atoms with E-state index in [1.807, 2.05) is 19.9 Å². The summed E-state index contributed by atoms with van der Waals surface area (Å²) in [7, 11) is 0. The van der Waals surface area contributed by atoms with Crippen LogP contribution in [0, 0.1) is 0 Å². The van der Waals surface area contributed by atoms with Crippen molar-refractivity contribution in [2.24, 2.45) is 0 Å². The maximum absolute atomic E-state index is 12.4. The Kier molecular flexibility index (Phi) is 5.54. The summed E-state index contributed by atoms with van der Waals surface area (Å²) in [5.41, 5.74) is 5.96. The molecule has 1 aliphatic carbocycles. The van der Waals surface area contributed by atoms with Crippen LogP contribution in [0.15, 0.2) is 40.9 Å². The molecular weight excluding hydrogens is 388 g/mol. The zero-order valence-corrected chi connectivity index (χ0v) is 17.5. The Bertz CT molecular complexity index is 823. The Morgan fingerprint density at radius 3 is 2.42 bits per heavy atom. The number of anilines is 1. The number of hydrogen-bond acceptors (Lipinski definition) is 2. The zero-order valence-electron chi connectivity index (χ0n) is 15.9. The first-order valence-electron chi connectivity index (χ1n) is 9.46. The van der Waals surface area contributed by atoms with Crippen LogP contribution in [-0.2, 0) is 10.2 Å². The Hall–Kier alpha value is -1.65. The van der Waals surface area contributed by atoms with Gasteiger partial charge in [-0.15, -0.1) is 0 Å². The summed E-state index contributed by atoms with van der Waals surface area (Å²) >= 11 is 3.58. The van der Waals surface area contributed by atoms with Crippen molar-refractivity contribution < 1.29 is 4.79 Å². The Labute approximate surface area is 164 Å². The van der Waals surface area contributed by atoms with Crippen molar-refractivity contribution in [3.8, 4) is 11.1 Å². The predicted molar refractivity (Wildman–Crippen MR) is 113 cm³/mol. The smallest absolute Gasteiger partial charge is 0.241 e. The molecule has 1 aliphatic heterocycles. The number of carbonyl (C=O) groups is 1. The van der Waals surface area contributed by atoms with Gasteiger partial charge in [0.05, 0.1) is 6.04 Å². The van der Waals surface area contributed by atoms with Crippen molar-refractivity contribution in [1.29, 1.82) is 0 Å². The van der Waals surface area contributed by atoms with Gasteiger partial charge in [-0.05, 0) is 65.9 Å². The second-order valence-corrected chi connectivity index (χ2v) is 8.13. The van der Waals surface area contributed by atoms with Gasteiger partial charge in [0.15, 0.2) is 0 Å². The molecule has 0 aromatic heterocycles. The molecule has 2 aromatic rings. The maximum Gasteiger partial charge on any atom is 0.241 e. The van der Waals surface area contributed by atoms with Gasteiger partial charge in [-0.2, -0.15) is 0 Å². The summed E-state index contributed by atoms with van der Waals surface area (Å²) in [4.78, 5) is 12.4. The van der Waals surface area contributed by atoms with E-state index < -0.39 is 0 Å². The van der Waals surface area contributed by atoms with Crippen LogP contribution >= 0.6 is 15.9 Å². The molecule has 2 aliphatic rings. The van der Waals surface area contributed by atoms with E-state index in [2.05, 4.69) is 70.7 Å². The number of benzene rings is 2. The first-order chi connectivity index (χ1) is 12.5. The molecule has 1 saturated heterocycles. The fourth-order valence-corrected chi connectivity index (χ4v) is 4.29. The normalized spacial score (nSPS) is 19.2. The van der Waals surface area contributed by atoms with Crippen LogP contribution in [-0.4, -0.2) is 18.5 Å². The molecular formula is C22H27BrN2O. The second kappa shape index (κ2) is 7.53. The van der Waals surface area contributed by atoms with Crippen LogP contribution in [0.2, 0.25) is 0 Å². The van der Waals surface area contributed by atoms with Crippen LogP contribution in [0.25, 0.3) is 11.1 Å². The van der Waals surface area contributed by atoms with E-state index >= 15 is 0 Å². The van der Waals surface area contributed by atoms with Crippen molar-refractivity contribution in [3.63, 3.8) is 0 Å². The SMILES string of the molecule is CC.CC1(C)c2cc(Br)ccc2-c2ccc(NC(=O)C3CCCN3)cc21. The minimum atomic E-state index is -0.0687. The van der Waals surface area contributed by atoms with Gasteiger partial charge in [-0.3, -0.25) is 4.79 Å². The number of hydrogen-bond donors (Lipinski definition) is 2. The van der Waals surface area contributed by atoms with Gasteiger partial charge in [0.2, 0.25) is 5.91 Å². The summed E-state index contributed by atoms with van der Waals surface area (Å²) in [5, 5.41) is 6.33. The first-order valence-corrected chi connectivity index (χ1v) is 10.3. The molecule has 0 spiro atoms. The maximum atomic E-state index is 12.4. The quantitative estimate of drug-likeness (QED) is 0.683. The fourth-order valence-electron chi connectivity index (χ4n) is 3.93. The molecule has 2 aromatic carbocycles. The molecule has 1 amide bonds. The molecule has 0 radical (unpaired) electrons.